The molecule has 0 aliphatic carbocycles. The molecule has 0 fully saturated rings. The topological polar surface area (TPSA) is 203 Å². The second-order valence-electron chi connectivity index (χ2n) is 9.14. The summed E-state index contributed by atoms with van der Waals surface area (Å²) in [5, 5.41) is 20.0. The van der Waals surface area contributed by atoms with Crippen LogP contribution in [0.25, 0.3) is 0 Å². The Labute approximate surface area is 402 Å². The number of Topliss-reactive ketones (excluding diaryl/α,β-unsaturated/α-hetero) is 1. The Kier molecular flexibility index (Phi) is 42.8. The monoisotopic (exact) mass is 807 g/mol. The van der Waals surface area contributed by atoms with Crippen LogP contribution < -0.4 is 118 Å². The molecular weight excluding hydrogens is 760 g/mol. The molecule has 0 saturated heterocycles. The van der Waals surface area contributed by atoms with Crippen LogP contribution in [0.1, 0.15) is 75.0 Å². The van der Waals surface area contributed by atoms with Gasteiger partial charge in [0, 0.05) is 25.9 Å². The smallest absolute Gasteiger partial charge is 1.00 e. The fourth-order valence-corrected chi connectivity index (χ4v) is 3.42. The van der Waals surface area contributed by atoms with Gasteiger partial charge in [-0.15, -0.1) is 0 Å². The summed E-state index contributed by atoms with van der Waals surface area (Å²) < 4.78 is 23.7. The first kappa shape index (κ1) is 60.3. The van der Waals surface area contributed by atoms with Gasteiger partial charge in [-0.3, -0.25) is 28.7 Å². The molecule has 0 aliphatic heterocycles. The maximum atomic E-state index is 11.2. The summed E-state index contributed by atoms with van der Waals surface area (Å²) in [7, 11) is 6.37. The van der Waals surface area contributed by atoms with E-state index in [1.54, 1.807) is 82.0 Å². The van der Waals surface area contributed by atoms with Crippen LogP contribution in [0, 0.1) is 13.8 Å². The third kappa shape index (κ3) is 26.0. The maximum Gasteiger partial charge on any atom is 1.00 e. The Morgan fingerprint density at radius 1 is 0.815 bits per heavy atom. The molecule has 0 bridgehead atoms. The summed E-state index contributed by atoms with van der Waals surface area (Å²) in [5.74, 6) is 0.138. The number of amides is 1. The molecule has 2 aromatic heterocycles. The molecule has 2 heterocycles. The molecule has 1 amide bonds. The molecule has 0 saturated carbocycles. The number of methoxy groups -OCH3 is 3. The number of phenols is 1. The normalized spacial score (nSPS) is 8.26. The van der Waals surface area contributed by atoms with Crippen molar-refractivity contribution in [2.24, 2.45) is 0 Å². The average molecular weight is 808 g/mol. The summed E-state index contributed by atoms with van der Waals surface area (Å²) in [6.45, 7) is 5.23. The van der Waals surface area contributed by atoms with Gasteiger partial charge in [0.15, 0.2) is 5.78 Å². The Balaban J connectivity index is -0.000000136. The molecule has 2 N–H and O–H groups in total. The summed E-state index contributed by atoms with van der Waals surface area (Å²) >= 11 is 0. The SMILES string of the molecule is C.CCC(=O)c1ccccn1.CF.CNC(=O)c1ccccn1.COC(=O)c1ccc(O)cc1C.COC(=O)c1ccc(OC)cc1C.O=CO[O-].[H-].[K+].[K+]. The number of rotatable bonds is 7. The average Bonchev–Trinajstić information content (AvgIpc) is 3.18. The second kappa shape index (κ2) is 38.3. The van der Waals surface area contributed by atoms with Crippen LogP contribution in [-0.4, -0.2) is 80.7 Å². The van der Waals surface area contributed by atoms with Crippen molar-refractivity contribution in [1.29, 1.82) is 0 Å². The number of phenolic OH excluding ortho intramolecular Hbond substituents is 1. The molecule has 2 aromatic carbocycles. The number of hydrogen-bond donors (Lipinski definition) is 2. The predicted molar refractivity (Wildman–Crippen MR) is 192 cm³/mol. The predicted octanol–water partition coefficient (Wildman–Crippen LogP) is -0.830. The van der Waals surface area contributed by atoms with Gasteiger partial charge < -0.3 is 36.2 Å². The van der Waals surface area contributed by atoms with E-state index in [2.05, 4.69) is 29.6 Å². The van der Waals surface area contributed by atoms with Gasteiger partial charge in [0.05, 0.1) is 39.6 Å². The number of aromatic nitrogens is 2. The summed E-state index contributed by atoms with van der Waals surface area (Å²) in [6.07, 6.45) is 3.74. The van der Waals surface area contributed by atoms with Crippen molar-refractivity contribution < 1.29 is 162 Å². The molecule has 0 atom stereocenters. The molecule has 14 nitrogen and oxygen atoms in total. The van der Waals surface area contributed by atoms with Crippen LogP contribution in [0.2, 0.25) is 0 Å². The van der Waals surface area contributed by atoms with Crippen molar-refractivity contribution in [2.45, 2.75) is 34.6 Å². The number of halogens is 1. The number of aromatic hydroxyl groups is 1. The van der Waals surface area contributed by atoms with E-state index in [1.807, 2.05) is 19.9 Å². The standard InChI is InChI=1S/C10H12O3.C9H10O3.C8H9NO.C7H8N2O.CH3F.CH2O3.CH4.2K.H/c1-7-6-8(12-2)4-5-9(7)10(11)13-3;1-6-5-7(10)3-4-8(6)9(11)12-2;1-2-8(10)7-5-3-4-6-9-7;1-8-7(10)6-4-2-3-5-9-6;1-2;2-1-4-3;;;;/h4-6H,1-3H3;3-5,10H,1-2H3;3-6H,2H2,1H3;2-5H,1H3,(H,8,10);1H3;1,3H;1H4;;;/q;;;;;;;2*+1;-1/p-1. The van der Waals surface area contributed by atoms with E-state index in [-0.39, 0.29) is 147 Å². The van der Waals surface area contributed by atoms with Gasteiger partial charge in [-0.25, -0.2) is 9.59 Å². The second-order valence-corrected chi connectivity index (χ2v) is 9.14. The van der Waals surface area contributed by atoms with Crippen molar-refractivity contribution in [3.05, 3.63) is 119 Å². The molecule has 4 rings (SSSR count). The molecule has 4 aromatic rings. The zero-order valence-electron chi connectivity index (χ0n) is 32.7. The van der Waals surface area contributed by atoms with Crippen molar-refractivity contribution in [2.75, 3.05) is 35.6 Å². The number of alkyl halides is 1. The number of carbonyl (C=O) groups excluding carboxylic acids is 5. The van der Waals surface area contributed by atoms with Crippen LogP contribution in [0.4, 0.5) is 4.39 Å². The summed E-state index contributed by atoms with van der Waals surface area (Å²) in [6, 6.07) is 20.3. The van der Waals surface area contributed by atoms with E-state index in [1.165, 1.54) is 32.4 Å². The number of esters is 2. The quantitative estimate of drug-likeness (QED) is 0.0586. The van der Waals surface area contributed by atoms with Crippen LogP contribution >= 0.6 is 0 Å². The summed E-state index contributed by atoms with van der Waals surface area (Å²) in [5.41, 5.74) is 3.63. The zero-order chi connectivity index (χ0) is 39.2. The first-order valence-corrected chi connectivity index (χ1v) is 14.7. The van der Waals surface area contributed by atoms with Crippen LogP contribution in [0.5, 0.6) is 11.5 Å². The van der Waals surface area contributed by atoms with E-state index < -0.39 is 0 Å². The van der Waals surface area contributed by atoms with Crippen molar-refractivity contribution >= 4 is 30.1 Å². The Morgan fingerprint density at radius 2 is 1.26 bits per heavy atom. The molecule has 0 radical (unpaired) electrons. The Morgan fingerprint density at radius 3 is 1.59 bits per heavy atom. The molecule has 17 heteroatoms. The van der Waals surface area contributed by atoms with Gasteiger partial charge in [0.1, 0.15) is 22.9 Å². The number of benzene rings is 2. The van der Waals surface area contributed by atoms with Gasteiger partial charge in [0.2, 0.25) is 0 Å². The van der Waals surface area contributed by atoms with Crippen LogP contribution in [0.3, 0.4) is 0 Å². The largest absolute Gasteiger partial charge is 1.00 e. The molecule has 0 spiro atoms. The fourth-order valence-electron chi connectivity index (χ4n) is 3.42. The van der Waals surface area contributed by atoms with Gasteiger partial charge in [-0.05, 0) is 85.6 Å². The molecule has 54 heavy (non-hydrogen) atoms. The number of hydrogen-bond acceptors (Lipinski definition) is 13. The zero-order valence-corrected chi connectivity index (χ0v) is 37.9. The van der Waals surface area contributed by atoms with Crippen LogP contribution in [0.15, 0.2) is 85.2 Å². The number of pyridine rings is 2. The van der Waals surface area contributed by atoms with Crippen molar-refractivity contribution in [3.8, 4) is 11.5 Å². The van der Waals surface area contributed by atoms with E-state index in [9.17, 15) is 23.6 Å². The van der Waals surface area contributed by atoms with Crippen LogP contribution in [-0.2, 0) is 19.2 Å². The van der Waals surface area contributed by atoms with Gasteiger partial charge in [0.25, 0.3) is 12.4 Å². The van der Waals surface area contributed by atoms with Gasteiger partial charge in [-0.2, -0.15) is 0 Å². The number of nitrogens with one attached hydrogen (secondary N) is 1. The van der Waals surface area contributed by atoms with Gasteiger partial charge in [-0.1, -0.05) is 26.5 Å². The minimum atomic E-state index is -0.382. The molecule has 0 unspecified atom stereocenters. The first-order valence-electron chi connectivity index (χ1n) is 14.7. The number of nitrogens with zero attached hydrogens (tertiary/aromatic N) is 2. The van der Waals surface area contributed by atoms with E-state index in [0.717, 1.165) is 11.3 Å². The van der Waals surface area contributed by atoms with E-state index in [4.69, 9.17) is 19.9 Å². The third-order valence-corrected chi connectivity index (χ3v) is 5.89. The maximum absolute atomic E-state index is 11.2. The third-order valence-electron chi connectivity index (χ3n) is 5.89. The number of aryl methyl sites for hydroxylation is 2. The molecular formula is C37H48FK2N3O11. The minimum absolute atomic E-state index is 0. The molecule has 286 valence electrons. The van der Waals surface area contributed by atoms with Crippen molar-refractivity contribution in [1.82, 2.24) is 15.3 Å². The molecule has 0 aliphatic rings. The van der Waals surface area contributed by atoms with Crippen molar-refractivity contribution in [3.63, 3.8) is 0 Å². The number of carbonyl (C=O) groups is 5. The summed E-state index contributed by atoms with van der Waals surface area (Å²) in [4.78, 5) is 63.0. The van der Waals surface area contributed by atoms with E-state index in [0.29, 0.717) is 41.7 Å². The fraction of sp³-hybridized carbons (Fsp3) is 0.270. The Bertz CT molecular complexity index is 1580. The minimum Gasteiger partial charge on any atom is -1.00 e. The van der Waals surface area contributed by atoms with Gasteiger partial charge >= 0.3 is 115 Å². The first-order chi connectivity index (χ1) is 24.4. The number of ether oxygens (including phenoxy) is 3. The van der Waals surface area contributed by atoms with E-state index >= 15 is 0 Å². The number of ketones is 1. The Hall–Kier alpha value is -2.95.